The lowest BCUT2D eigenvalue weighted by Crippen LogP contribution is -2.20. The number of halogens is 5. The van der Waals surface area contributed by atoms with Crippen LogP contribution in [0.5, 0.6) is 6.01 Å². The Hall–Kier alpha value is -4.51. The van der Waals surface area contributed by atoms with Crippen LogP contribution in [0.25, 0.3) is 32.1 Å². The first-order valence-electron chi connectivity index (χ1n) is 10.7. The number of anilines is 2. The number of nitrogens with two attached hydrogens (primary N) is 1. The Morgan fingerprint density at radius 2 is 1.97 bits per heavy atom. The number of thiophene rings is 1. The molecule has 5 rings (SSSR count). The van der Waals surface area contributed by atoms with Crippen molar-refractivity contribution in [1.82, 2.24) is 15.1 Å². The van der Waals surface area contributed by atoms with Crippen LogP contribution in [-0.2, 0) is 12.7 Å². The lowest BCUT2D eigenvalue weighted by molar-refractivity contribution is -0.137. The highest BCUT2D eigenvalue weighted by atomic mass is 32.1. The lowest BCUT2D eigenvalue weighted by atomic mass is 9.92. The second-order valence-electron chi connectivity index (χ2n) is 8.14. The van der Waals surface area contributed by atoms with E-state index in [0.29, 0.717) is 17.0 Å². The molecule has 0 saturated carbocycles. The molecule has 0 aliphatic carbocycles. The van der Waals surface area contributed by atoms with Crippen molar-refractivity contribution in [3.05, 3.63) is 59.0 Å². The van der Waals surface area contributed by atoms with Gasteiger partial charge in [-0.1, -0.05) is 11.2 Å². The molecule has 5 aromatic rings. The van der Waals surface area contributed by atoms with Crippen LogP contribution in [0.15, 0.2) is 35.1 Å². The summed E-state index contributed by atoms with van der Waals surface area (Å²) in [6, 6.07) is 5.64. The van der Waals surface area contributed by atoms with Crippen LogP contribution in [0.3, 0.4) is 0 Å². The summed E-state index contributed by atoms with van der Waals surface area (Å²) in [5.41, 5.74) is 2.93. The summed E-state index contributed by atoms with van der Waals surface area (Å²) >= 11 is 0.686. The van der Waals surface area contributed by atoms with E-state index in [9.17, 15) is 22.8 Å². The molecule has 0 radical (unpaired) electrons. The number of fused-ring (bicyclic) bond motifs is 2. The van der Waals surface area contributed by atoms with Crippen molar-refractivity contribution in [2.24, 2.45) is 0 Å². The van der Waals surface area contributed by atoms with Gasteiger partial charge in [-0.3, -0.25) is 0 Å². The molecule has 2 N–H and O–H groups in total. The third-order valence-electron chi connectivity index (χ3n) is 5.83. The average molecular weight is 546 g/mol. The Labute approximate surface area is 214 Å². The third kappa shape index (κ3) is 4.01. The van der Waals surface area contributed by atoms with Gasteiger partial charge in [-0.15, -0.1) is 11.3 Å². The number of hydrogen-bond donors (Lipinski definition) is 1. The summed E-state index contributed by atoms with van der Waals surface area (Å²) in [6.07, 6.45) is -3.73. The van der Waals surface area contributed by atoms with Gasteiger partial charge in [0.05, 0.1) is 29.5 Å². The van der Waals surface area contributed by atoms with Crippen molar-refractivity contribution in [2.45, 2.75) is 12.7 Å². The predicted molar refractivity (Wildman–Crippen MR) is 130 cm³/mol. The maximum Gasteiger partial charge on any atom is 0.417 e. The fourth-order valence-electron chi connectivity index (χ4n) is 4.21. The van der Waals surface area contributed by atoms with Crippen molar-refractivity contribution < 1.29 is 31.2 Å². The molecule has 0 unspecified atom stereocenters. The zero-order chi connectivity index (χ0) is 27.4. The molecular formula is C24H15F5N6O2S. The fourth-order valence-corrected chi connectivity index (χ4v) is 5.16. The first kappa shape index (κ1) is 25.2. The minimum Gasteiger partial charge on any atom is -0.467 e. The van der Waals surface area contributed by atoms with Gasteiger partial charge in [-0.05, 0) is 17.7 Å². The SMILES string of the molecule is COc1nc(N(C)Cc2ccon2)c2cc(C(F)(F)F)c(-c3ccc(F)c4sc(N)c(C#N)c34)c(F)c2n1. The molecule has 194 valence electrons. The van der Waals surface area contributed by atoms with E-state index in [1.807, 2.05) is 0 Å². The Balaban J connectivity index is 1.88. The normalized spacial score (nSPS) is 11.7. The van der Waals surface area contributed by atoms with Crippen LogP contribution in [0, 0.1) is 23.0 Å². The number of nitrogens with zero attached hydrogens (tertiary/aromatic N) is 5. The Bertz CT molecular complexity index is 1740. The van der Waals surface area contributed by atoms with E-state index < -0.39 is 34.5 Å². The molecule has 0 aliphatic heterocycles. The second kappa shape index (κ2) is 9.10. The van der Waals surface area contributed by atoms with Crippen molar-refractivity contribution >= 4 is 43.1 Å². The fraction of sp³-hybridized carbons (Fsp3) is 0.167. The minimum absolute atomic E-state index is 0.0625. The zero-order valence-corrected chi connectivity index (χ0v) is 20.3. The van der Waals surface area contributed by atoms with Crippen LogP contribution in [0.2, 0.25) is 0 Å². The summed E-state index contributed by atoms with van der Waals surface area (Å²) in [4.78, 5) is 9.58. The Kier molecular flexibility index (Phi) is 6.03. The van der Waals surface area contributed by atoms with Gasteiger partial charge in [0.2, 0.25) is 0 Å². The molecule has 0 spiro atoms. The molecule has 0 amide bonds. The number of hydrogen-bond acceptors (Lipinski definition) is 9. The van der Waals surface area contributed by atoms with E-state index in [1.165, 1.54) is 25.3 Å². The van der Waals surface area contributed by atoms with Crippen molar-refractivity contribution in [3.63, 3.8) is 0 Å². The number of aromatic nitrogens is 3. The van der Waals surface area contributed by atoms with Gasteiger partial charge in [-0.2, -0.15) is 28.4 Å². The molecule has 0 fully saturated rings. The monoisotopic (exact) mass is 546 g/mol. The van der Waals surface area contributed by atoms with Gasteiger partial charge < -0.3 is 19.9 Å². The van der Waals surface area contributed by atoms with E-state index in [-0.39, 0.29) is 50.0 Å². The van der Waals surface area contributed by atoms with E-state index in [2.05, 4.69) is 15.1 Å². The second-order valence-corrected chi connectivity index (χ2v) is 9.19. The van der Waals surface area contributed by atoms with Gasteiger partial charge in [0.1, 0.15) is 40.2 Å². The molecule has 0 atom stereocenters. The minimum atomic E-state index is -5.05. The van der Waals surface area contributed by atoms with Gasteiger partial charge in [0, 0.05) is 29.4 Å². The van der Waals surface area contributed by atoms with Gasteiger partial charge in [0.15, 0.2) is 5.82 Å². The molecule has 38 heavy (non-hydrogen) atoms. The highest BCUT2D eigenvalue weighted by molar-refractivity contribution is 7.23. The van der Waals surface area contributed by atoms with E-state index in [0.717, 1.165) is 18.2 Å². The van der Waals surface area contributed by atoms with Crippen LogP contribution in [-0.4, -0.2) is 29.3 Å². The number of methoxy groups -OCH3 is 1. The maximum atomic E-state index is 16.3. The highest BCUT2D eigenvalue weighted by Crippen LogP contribution is 2.47. The lowest BCUT2D eigenvalue weighted by Gasteiger charge is -2.22. The number of benzene rings is 2. The first-order valence-corrected chi connectivity index (χ1v) is 11.5. The molecule has 0 saturated heterocycles. The number of nitriles is 1. The standard InChI is InChI=1S/C24H15F5N6O2S/c1-35(9-10-5-6-37-34-10)22-12-7-14(24(27,28)29)17(18(26)19(12)32-23(33-22)36-2)11-3-4-15(25)20-16(11)13(8-30)21(31)38-20/h3-7H,9,31H2,1-2H3. The molecule has 0 bridgehead atoms. The molecule has 3 aromatic heterocycles. The third-order valence-corrected chi connectivity index (χ3v) is 6.86. The van der Waals surface area contributed by atoms with Crippen LogP contribution < -0.4 is 15.4 Å². The molecule has 2 aromatic carbocycles. The highest BCUT2D eigenvalue weighted by Gasteiger charge is 2.38. The van der Waals surface area contributed by atoms with E-state index in [4.69, 9.17) is 15.0 Å². The Morgan fingerprint density at radius 1 is 1.21 bits per heavy atom. The van der Waals surface area contributed by atoms with Crippen LogP contribution in [0.1, 0.15) is 16.8 Å². The smallest absolute Gasteiger partial charge is 0.417 e. The van der Waals surface area contributed by atoms with E-state index >= 15 is 4.39 Å². The molecule has 14 heteroatoms. The zero-order valence-electron chi connectivity index (χ0n) is 19.5. The molecular weight excluding hydrogens is 531 g/mol. The van der Waals surface area contributed by atoms with Crippen molar-refractivity contribution in [3.8, 4) is 23.2 Å². The quantitative estimate of drug-likeness (QED) is 0.271. The van der Waals surface area contributed by atoms with Gasteiger partial charge in [-0.25, -0.2) is 8.78 Å². The molecule has 8 nitrogen and oxygen atoms in total. The summed E-state index contributed by atoms with van der Waals surface area (Å²) in [7, 11) is 2.74. The maximum absolute atomic E-state index is 16.3. The largest absolute Gasteiger partial charge is 0.467 e. The molecule has 0 aliphatic rings. The van der Waals surface area contributed by atoms with Gasteiger partial charge in [0.25, 0.3) is 0 Å². The predicted octanol–water partition coefficient (Wildman–Crippen LogP) is 5.90. The van der Waals surface area contributed by atoms with Crippen molar-refractivity contribution in [2.75, 3.05) is 24.8 Å². The summed E-state index contributed by atoms with van der Waals surface area (Å²) < 4.78 is 83.9. The number of rotatable bonds is 5. The topological polar surface area (TPSA) is 114 Å². The summed E-state index contributed by atoms with van der Waals surface area (Å²) in [6.45, 7) is 0.0643. The average Bonchev–Trinajstić information content (AvgIpc) is 3.51. The van der Waals surface area contributed by atoms with Crippen LogP contribution >= 0.6 is 11.3 Å². The van der Waals surface area contributed by atoms with Crippen LogP contribution in [0.4, 0.5) is 32.8 Å². The summed E-state index contributed by atoms with van der Waals surface area (Å²) in [5, 5.41) is 12.8. The molecule has 3 heterocycles. The summed E-state index contributed by atoms with van der Waals surface area (Å²) in [5.74, 6) is -2.22. The van der Waals surface area contributed by atoms with E-state index in [1.54, 1.807) is 12.1 Å². The van der Waals surface area contributed by atoms with Gasteiger partial charge >= 0.3 is 12.2 Å². The van der Waals surface area contributed by atoms with Crippen molar-refractivity contribution in [1.29, 1.82) is 5.26 Å². The number of nitrogen functional groups attached to an aromatic ring is 1. The Morgan fingerprint density at radius 3 is 2.61 bits per heavy atom. The number of ether oxygens (including phenoxy) is 1. The number of alkyl halides is 3. The first-order chi connectivity index (χ1) is 18.0.